The number of amides is 1. The Morgan fingerprint density at radius 1 is 1.00 bits per heavy atom. The number of hydrogen-bond donors (Lipinski definition) is 1. The molecule has 0 aliphatic heterocycles. The van der Waals surface area contributed by atoms with Crippen molar-refractivity contribution in [2.24, 2.45) is 0 Å². The molecule has 1 N–H and O–H groups in total. The van der Waals surface area contributed by atoms with Gasteiger partial charge in [-0.15, -0.1) is 0 Å². The molecule has 0 saturated carbocycles. The van der Waals surface area contributed by atoms with E-state index in [1.807, 2.05) is 24.3 Å². The number of aryl methyl sites for hydroxylation is 3. The van der Waals surface area contributed by atoms with E-state index in [-0.39, 0.29) is 12.5 Å². The first-order valence-corrected chi connectivity index (χ1v) is 8.21. The van der Waals surface area contributed by atoms with Gasteiger partial charge in [0.1, 0.15) is 5.75 Å². The molecule has 2 aromatic carbocycles. The van der Waals surface area contributed by atoms with Gasteiger partial charge in [0.25, 0.3) is 5.91 Å². The molecule has 0 atom stereocenters. The minimum Gasteiger partial charge on any atom is -0.484 e. The lowest BCUT2D eigenvalue weighted by Gasteiger charge is -2.08. The van der Waals surface area contributed by atoms with Crippen molar-refractivity contribution < 1.29 is 9.53 Å². The minimum atomic E-state index is -0.0755. The molecule has 0 saturated heterocycles. The second kappa shape index (κ2) is 8.99. The highest BCUT2D eigenvalue weighted by atomic mass is 16.5. The molecule has 0 heterocycles. The van der Waals surface area contributed by atoms with E-state index in [0.29, 0.717) is 6.54 Å². The Morgan fingerprint density at radius 3 is 2.30 bits per heavy atom. The van der Waals surface area contributed by atoms with Crippen molar-refractivity contribution in [3.05, 3.63) is 65.2 Å². The number of ether oxygens (including phenoxy) is 1. The molecule has 0 aromatic heterocycles. The summed E-state index contributed by atoms with van der Waals surface area (Å²) >= 11 is 0. The molecule has 122 valence electrons. The zero-order chi connectivity index (χ0) is 16.5. The van der Waals surface area contributed by atoms with Gasteiger partial charge in [0.15, 0.2) is 6.61 Å². The van der Waals surface area contributed by atoms with Crippen LogP contribution in [0.25, 0.3) is 0 Å². The largest absolute Gasteiger partial charge is 0.484 e. The van der Waals surface area contributed by atoms with Crippen molar-refractivity contribution in [3.8, 4) is 5.75 Å². The van der Waals surface area contributed by atoms with Crippen LogP contribution in [0.5, 0.6) is 5.75 Å². The molecule has 23 heavy (non-hydrogen) atoms. The molecule has 3 nitrogen and oxygen atoms in total. The number of nitrogens with one attached hydrogen (secondary N) is 1. The van der Waals surface area contributed by atoms with Crippen molar-refractivity contribution in [2.45, 2.75) is 33.1 Å². The van der Waals surface area contributed by atoms with Gasteiger partial charge in [-0.05, 0) is 49.4 Å². The molecular formula is C20H25NO2. The predicted molar refractivity (Wildman–Crippen MR) is 93.8 cm³/mol. The summed E-state index contributed by atoms with van der Waals surface area (Å²) in [4.78, 5) is 11.8. The Hall–Kier alpha value is -2.29. The highest BCUT2D eigenvalue weighted by Crippen LogP contribution is 2.12. The van der Waals surface area contributed by atoms with Crippen LogP contribution in [0.3, 0.4) is 0 Å². The number of benzene rings is 2. The van der Waals surface area contributed by atoms with Crippen LogP contribution in [0.1, 0.15) is 30.0 Å². The van der Waals surface area contributed by atoms with Gasteiger partial charge >= 0.3 is 0 Å². The van der Waals surface area contributed by atoms with Gasteiger partial charge in [0.05, 0.1) is 0 Å². The van der Waals surface area contributed by atoms with E-state index in [9.17, 15) is 4.79 Å². The summed E-state index contributed by atoms with van der Waals surface area (Å²) in [5.41, 5.74) is 3.83. The summed E-state index contributed by atoms with van der Waals surface area (Å²) in [6.07, 6.45) is 2.90. The Balaban J connectivity index is 1.62. The zero-order valence-corrected chi connectivity index (χ0v) is 14.0. The van der Waals surface area contributed by atoms with E-state index in [0.717, 1.165) is 25.0 Å². The van der Waals surface area contributed by atoms with Crippen LogP contribution >= 0.6 is 0 Å². The van der Waals surface area contributed by atoms with Gasteiger partial charge in [0.2, 0.25) is 0 Å². The second-order valence-electron chi connectivity index (χ2n) is 5.73. The van der Waals surface area contributed by atoms with E-state index >= 15 is 0 Å². The number of rotatable bonds is 8. The molecule has 2 aromatic rings. The molecule has 2 rings (SSSR count). The third-order valence-electron chi connectivity index (χ3n) is 3.79. The summed E-state index contributed by atoms with van der Waals surface area (Å²) in [6, 6.07) is 16.4. The quantitative estimate of drug-likeness (QED) is 0.755. The van der Waals surface area contributed by atoms with Crippen molar-refractivity contribution in [1.82, 2.24) is 5.32 Å². The Labute approximate surface area is 138 Å². The molecule has 0 aliphatic rings. The van der Waals surface area contributed by atoms with Crippen LogP contribution in [0.2, 0.25) is 0 Å². The lowest BCUT2D eigenvalue weighted by molar-refractivity contribution is -0.123. The average molecular weight is 311 g/mol. The van der Waals surface area contributed by atoms with Crippen LogP contribution in [0, 0.1) is 6.92 Å². The molecule has 0 unspecified atom stereocenters. The monoisotopic (exact) mass is 311 g/mol. The van der Waals surface area contributed by atoms with Crippen LogP contribution in [0.15, 0.2) is 48.5 Å². The predicted octanol–water partition coefficient (Wildman–Crippen LogP) is 3.69. The van der Waals surface area contributed by atoms with Crippen LogP contribution < -0.4 is 10.1 Å². The highest BCUT2D eigenvalue weighted by Gasteiger charge is 2.02. The van der Waals surface area contributed by atoms with Crippen molar-refractivity contribution in [1.29, 1.82) is 0 Å². The highest BCUT2D eigenvalue weighted by molar-refractivity contribution is 5.77. The summed E-state index contributed by atoms with van der Waals surface area (Å²) < 4.78 is 5.48. The van der Waals surface area contributed by atoms with Crippen LogP contribution in [-0.2, 0) is 17.6 Å². The molecule has 1 amide bonds. The normalized spacial score (nSPS) is 10.3. The smallest absolute Gasteiger partial charge is 0.257 e. The summed E-state index contributed by atoms with van der Waals surface area (Å²) in [7, 11) is 0. The van der Waals surface area contributed by atoms with Gasteiger partial charge in [-0.1, -0.05) is 48.9 Å². The van der Waals surface area contributed by atoms with Crippen molar-refractivity contribution >= 4 is 5.91 Å². The van der Waals surface area contributed by atoms with E-state index in [2.05, 4.69) is 43.4 Å². The maximum atomic E-state index is 11.8. The van der Waals surface area contributed by atoms with Gasteiger partial charge < -0.3 is 10.1 Å². The number of carbonyl (C=O) groups excluding carboxylic acids is 1. The third-order valence-corrected chi connectivity index (χ3v) is 3.79. The van der Waals surface area contributed by atoms with E-state index in [4.69, 9.17) is 4.74 Å². The van der Waals surface area contributed by atoms with Crippen LogP contribution in [-0.4, -0.2) is 19.1 Å². The SMILES string of the molecule is CCc1ccc(OCC(=O)NCCCc2ccc(C)cc2)cc1. The fourth-order valence-corrected chi connectivity index (χ4v) is 2.30. The Morgan fingerprint density at radius 2 is 1.65 bits per heavy atom. The number of hydrogen-bond acceptors (Lipinski definition) is 2. The lowest BCUT2D eigenvalue weighted by Crippen LogP contribution is -2.29. The van der Waals surface area contributed by atoms with Crippen LogP contribution in [0.4, 0.5) is 0 Å². The minimum absolute atomic E-state index is 0.0655. The maximum Gasteiger partial charge on any atom is 0.257 e. The van der Waals surface area contributed by atoms with E-state index in [1.54, 1.807) is 0 Å². The first kappa shape index (κ1) is 17.1. The first-order valence-electron chi connectivity index (χ1n) is 8.21. The first-order chi connectivity index (χ1) is 11.2. The molecule has 3 heteroatoms. The Bertz CT molecular complexity index is 603. The van der Waals surface area contributed by atoms with Gasteiger partial charge in [-0.25, -0.2) is 0 Å². The lowest BCUT2D eigenvalue weighted by atomic mass is 10.1. The van der Waals surface area contributed by atoms with E-state index in [1.165, 1.54) is 16.7 Å². The zero-order valence-electron chi connectivity index (χ0n) is 14.0. The number of carbonyl (C=O) groups is 1. The molecule has 0 spiro atoms. The average Bonchev–Trinajstić information content (AvgIpc) is 2.59. The van der Waals surface area contributed by atoms with Gasteiger partial charge in [-0.2, -0.15) is 0 Å². The molecule has 0 radical (unpaired) electrons. The van der Waals surface area contributed by atoms with Crippen molar-refractivity contribution in [2.75, 3.05) is 13.2 Å². The fourth-order valence-electron chi connectivity index (χ4n) is 2.30. The standard InChI is InChI=1S/C20H25NO2/c1-3-17-10-12-19(13-11-17)23-15-20(22)21-14-4-5-18-8-6-16(2)7-9-18/h6-13H,3-5,14-15H2,1-2H3,(H,21,22). The summed E-state index contributed by atoms with van der Waals surface area (Å²) in [6.45, 7) is 4.93. The Kier molecular flexibility index (Phi) is 6.67. The second-order valence-corrected chi connectivity index (χ2v) is 5.73. The molecule has 0 fully saturated rings. The molecular weight excluding hydrogens is 286 g/mol. The van der Waals surface area contributed by atoms with Gasteiger partial charge in [0, 0.05) is 6.54 Å². The topological polar surface area (TPSA) is 38.3 Å². The summed E-state index contributed by atoms with van der Waals surface area (Å²) in [5, 5.41) is 2.89. The molecule has 0 bridgehead atoms. The maximum absolute atomic E-state index is 11.8. The van der Waals surface area contributed by atoms with Gasteiger partial charge in [-0.3, -0.25) is 4.79 Å². The molecule has 0 aliphatic carbocycles. The summed E-state index contributed by atoms with van der Waals surface area (Å²) in [5.74, 6) is 0.658. The fraction of sp³-hybridized carbons (Fsp3) is 0.350. The van der Waals surface area contributed by atoms with Crippen molar-refractivity contribution in [3.63, 3.8) is 0 Å². The van der Waals surface area contributed by atoms with E-state index < -0.39 is 0 Å². The third kappa shape index (κ3) is 6.15.